The standard InChI is InChI=1S/C12H12BrNS/c1-9(11-7-8-12(13)15-11)14-10-5-3-2-4-6-10/h2-9,14H,1H3/t9-/m1/s1. The van der Waals surface area contributed by atoms with Gasteiger partial charge in [-0.1, -0.05) is 18.2 Å². The van der Waals surface area contributed by atoms with Crippen LogP contribution in [0.4, 0.5) is 5.69 Å². The van der Waals surface area contributed by atoms with Gasteiger partial charge in [0, 0.05) is 10.6 Å². The Morgan fingerprint density at radius 3 is 2.47 bits per heavy atom. The van der Waals surface area contributed by atoms with Crippen LogP contribution in [0, 0.1) is 0 Å². The van der Waals surface area contributed by atoms with Crippen LogP contribution < -0.4 is 5.32 Å². The molecule has 0 aliphatic carbocycles. The molecule has 1 heterocycles. The zero-order valence-electron chi connectivity index (χ0n) is 8.41. The van der Waals surface area contributed by atoms with Crippen molar-refractivity contribution in [1.82, 2.24) is 0 Å². The van der Waals surface area contributed by atoms with Crippen molar-refractivity contribution in [3.8, 4) is 0 Å². The number of rotatable bonds is 3. The molecule has 1 N–H and O–H groups in total. The molecule has 15 heavy (non-hydrogen) atoms. The zero-order chi connectivity index (χ0) is 10.7. The summed E-state index contributed by atoms with van der Waals surface area (Å²) in [5, 5.41) is 3.46. The zero-order valence-corrected chi connectivity index (χ0v) is 10.8. The summed E-state index contributed by atoms with van der Waals surface area (Å²) in [6.07, 6.45) is 0. The largest absolute Gasteiger partial charge is 0.378 e. The number of thiophene rings is 1. The smallest absolute Gasteiger partial charge is 0.0702 e. The minimum atomic E-state index is 0.351. The SMILES string of the molecule is C[C@@H](Nc1ccccc1)c1ccc(Br)s1. The van der Waals surface area contributed by atoms with Gasteiger partial charge in [-0.2, -0.15) is 0 Å². The van der Waals surface area contributed by atoms with Gasteiger partial charge in [-0.15, -0.1) is 11.3 Å². The lowest BCUT2D eigenvalue weighted by Crippen LogP contribution is -2.04. The molecule has 0 aliphatic heterocycles. The first-order chi connectivity index (χ1) is 7.25. The molecule has 0 fully saturated rings. The number of hydrogen-bond acceptors (Lipinski definition) is 2. The van der Waals surface area contributed by atoms with Crippen molar-refractivity contribution in [2.24, 2.45) is 0 Å². The van der Waals surface area contributed by atoms with Gasteiger partial charge >= 0.3 is 0 Å². The van der Waals surface area contributed by atoms with E-state index in [1.807, 2.05) is 18.2 Å². The third-order valence-electron chi connectivity index (χ3n) is 2.18. The van der Waals surface area contributed by atoms with Crippen LogP contribution in [0.3, 0.4) is 0 Å². The summed E-state index contributed by atoms with van der Waals surface area (Å²) in [6, 6.07) is 14.9. The lowest BCUT2D eigenvalue weighted by atomic mass is 10.2. The van der Waals surface area contributed by atoms with E-state index in [1.165, 1.54) is 8.66 Å². The highest BCUT2D eigenvalue weighted by atomic mass is 79.9. The Morgan fingerprint density at radius 1 is 1.13 bits per heavy atom. The monoisotopic (exact) mass is 281 g/mol. The fraction of sp³-hybridized carbons (Fsp3) is 0.167. The number of anilines is 1. The third-order valence-corrected chi connectivity index (χ3v) is 3.98. The summed E-state index contributed by atoms with van der Waals surface area (Å²) in [7, 11) is 0. The van der Waals surface area contributed by atoms with Gasteiger partial charge in [-0.05, 0) is 47.1 Å². The molecule has 0 unspecified atom stereocenters. The second-order valence-electron chi connectivity index (χ2n) is 3.37. The fourth-order valence-electron chi connectivity index (χ4n) is 1.42. The van der Waals surface area contributed by atoms with Gasteiger partial charge in [0.15, 0.2) is 0 Å². The van der Waals surface area contributed by atoms with E-state index < -0.39 is 0 Å². The minimum absolute atomic E-state index is 0.351. The summed E-state index contributed by atoms with van der Waals surface area (Å²) < 4.78 is 1.18. The Balaban J connectivity index is 2.07. The maximum absolute atomic E-state index is 3.48. The van der Waals surface area contributed by atoms with Gasteiger partial charge in [0.2, 0.25) is 0 Å². The number of para-hydroxylation sites is 1. The normalized spacial score (nSPS) is 12.4. The molecule has 0 radical (unpaired) electrons. The van der Waals surface area contributed by atoms with Gasteiger partial charge in [-0.25, -0.2) is 0 Å². The lowest BCUT2D eigenvalue weighted by molar-refractivity contribution is 0.908. The van der Waals surface area contributed by atoms with Crippen LogP contribution in [0.1, 0.15) is 17.8 Å². The van der Waals surface area contributed by atoms with Crippen LogP contribution in [-0.2, 0) is 0 Å². The van der Waals surface area contributed by atoms with E-state index in [1.54, 1.807) is 11.3 Å². The molecule has 78 valence electrons. The van der Waals surface area contributed by atoms with Crippen LogP contribution in [0.25, 0.3) is 0 Å². The van der Waals surface area contributed by atoms with Crippen molar-refractivity contribution >= 4 is 33.0 Å². The Hall–Kier alpha value is -0.800. The molecular weight excluding hydrogens is 270 g/mol. The first-order valence-corrected chi connectivity index (χ1v) is 6.43. The van der Waals surface area contributed by atoms with E-state index >= 15 is 0 Å². The fourth-order valence-corrected chi connectivity index (χ4v) is 2.84. The Kier molecular flexibility index (Phi) is 3.44. The molecule has 0 spiro atoms. The van der Waals surface area contributed by atoms with Crippen molar-refractivity contribution in [2.75, 3.05) is 5.32 Å². The average Bonchev–Trinajstić information content (AvgIpc) is 2.66. The highest BCUT2D eigenvalue weighted by molar-refractivity contribution is 9.11. The van der Waals surface area contributed by atoms with Crippen molar-refractivity contribution < 1.29 is 0 Å². The van der Waals surface area contributed by atoms with Gasteiger partial charge in [-0.3, -0.25) is 0 Å². The number of hydrogen-bond donors (Lipinski definition) is 1. The summed E-state index contributed by atoms with van der Waals surface area (Å²) in [5.74, 6) is 0. The van der Waals surface area contributed by atoms with Crippen molar-refractivity contribution in [3.05, 3.63) is 51.1 Å². The van der Waals surface area contributed by atoms with Gasteiger partial charge in [0.25, 0.3) is 0 Å². The predicted molar refractivity (Wildman–Crippen MR) is 70.5 cm³/mol. The number of nitrogens with one attached hydrogen (secondary N) is 1. The summed E-state index contributed by atoms with van der Waals surface area (Å²) in [5.41, 5.74) is 1.16. The van der Waals surface area contributed by atoms with E-state index in [9.17, 15) is 0 Å². The molecule has 1 atom stereocenters. The summed E-state index contributed by atoms with van der Waals surface area (Å²) in [4.78, 5) is 1.34. The predicted octanol–water partition coefficient (Wildman–Crippen LogP) is 4.68. The molecule has 2 rings (SSSR count). The van der Waals surface area contributed by atoms with Crippen LogP contribution in [-0.4, -0.2) is 0 Å². The molecule has 0 saturated heterocycles. The van der Waals surface area contributed by atoms with Crippen molar-refractivity contribution in [1.29, 1.82) is 0 Å². The molecule has 0 amide bonds. The molecular formula is C12H12BrNS. The Morgan fingerprint density at radius 2 is 1.87 bits per heavy atom. The van der Waals surface area contributed by atoms with E-state index in [2.05, 4.69) is 52.4 Å². The Bertz CT molecular complexity index is 424. The van der Waals surface area contributed by atoms with Crippen molar-refractivity contribution in [3.63, 3.8) is 0 Å². The van der Waals surface area contributed by atoms with Gasteiger partial charge < -0.3 is 5.32 Å². The summed E-state index contributed by atoms with van der Waals surface area (Å²) >= 11 is 5.25. The maximum atomic E-state index is 3.48. The highest BCUT2D eigenvalue weighted by Crippen LogP contribution is 2.29. The second-order valence-corrected chi connectivity index (χ2v) is 5.87. The third kappa shape index (κ3) is 2.83. The first-order valence-electron chi connectivity index (χ1n) is 4.82. The highest BCUT2D eigenvalue weighted by Gasteiger charge is 2.07. The molecule has 0 bridgehead atoms. The topological polar surface area (TPSA) is 12.0 Å². The van der Waals surface area contributed by atoms with E-state index in [0.717, 1.165) is 5.69 Å². The minimum Gasteiger partial charge on any atom is -0.378 e. The van der Waals surface area contributed by atoms with E-state index in [-0.39, 0.29) is 0 Å². The molecule has 2 aromatic rings. The molecule has 1 nitrogen and oxygen atoms in total. The first kappa shape index (κ1) is 10.7. The quantitative estimate of drug-likeness (QED) is 0.861. The van der Waals surface area contributed by atoms with E-state index in [0.29, 0.717) is 6.04 Å². The molecule has 3 heteroatoms. The number of halogens is 1. The average molecular weight is 282 g/mol. The van der Waals surface area contributed by atoms with Gasteiger partial charge in [0.05, 0.1) is 9.83 Å². The van der Waals surface area contributed by atoms with Crippen LogP contribution in [0.2, 0.25) is 0 Å². The van der Waals surface area contributed by atoms with E-state index in [4.69, 9.17) is 0 Å². The lowest BCUT2D eigenvalue weighted by Gasteiger charge is -2.13. The molecule has 0 saturated carbocycles. The van der Waals surface area contributed by atoms with Crippen LogP contribution >= 0.6 is 27.3 Å². The Labute approximate surface area is 102 Å². The maximum Gasteiger partial charge on any atom is 0.0702 e. The van der Waals surface area contributed by atoms with Crippen LogP contribution in [0.15, 0.2) is 46.3 Å². The van der Waals surface area contributed by atoms with Crippen molar-refractivity contribution in [2.45, 2.75) is 13.0 Å². The van der Waals surface area contributed by atoms with Gasteiger partial charge in [0.1, 0.15) is 0 Å². The molecule has 1 aromatic heterocycles. The molecule has 1 aromatic carbocycles. The summed E-state index contributed by atoms with van der Waals surface area (Å²) in [6.45, 7) is 2.17. The number of benzene rings is 1. The second kappa shape index (κ2) is 4.81. The molecule has 0 aliphatic rings. The van der Waals surface area contributed by atoms with Crippen LogP contribution in [0.5, 0.6) is 0 Å².